The first-order valence-electron chi connectivity index (χ1n) is 4.71. The number of hydrogen-bond acceptors (Lipinski definition) is 2. The van der Waals surface area contributed by atoms with E-state index >= 15 is 0 Å². The smallest absolute Gasteiger partial charge is 0.302 e. The SMILES string of the molecule is CSc1ccc(-n2ccn(C)c2=O)cc1Cl. The van der Waals surface area contributed by atoms with E-state index in [4.69, 9.17) is 11.6 Å². The molecule has 2 rings (SSSR count). The molecule has 1 aromatic carbocycles. The van der Waals surface area contributed by atoms with Gasteiger partial charge in [-0.1, -0.05) is 11.6 Å². The molecule has 3 nitrogen and oxygen atoms in total. The lowest BCUT2D eigenvalue weighted by Gasteiger charge is -2.04. The van der Waals surface area contributed by atoms with Crippen molar-refractivity contribution in [3.8, 4) is 5.69 Å². The zero-order valence-corrected chi connectivity index (χ0v) is 10.5. The van der Waals surface area contributed by atoms with Gasteiger partial charge >= 0.3 is 5.69 Å². The number of hydrogen-bond donors (Lipinski definition) is 0. The zero-order valence-electron chi connectivity index (χ0n) is 8.98. The van der Waals surface area contributed by atoms with Gasteiger partial charge in [-0.05, 0) is 24.5 Å². The largest absolute Gasteiger partial charge is 0.332 e. The molecule has 0 atom stereocenters. The van der Waals surface area contributed by atoms with Crippen LogP contribution in [0.1, 0.15) is 0 Å². The highest BCUT2D eigenvalue weighted by molar-refractivity contribution is 7.98. The van der Waals surface area contributed by atoms with Gasteiger partial charge in [0.05, 0.1) is 10.7 Å². The number of nitrogens with zero attached hydrogens (tertiary/aromatic N) is 2. The highest BCUT2D eigenvalue weighted by atomic mass is 35.5. The lowest BCUT2D eigenvalue weighted by molar-refractivity contribution is 0.823. The molecule has 1 aromatic heterocycles. The third-order valence-electron chi connectivity index (χ3n) is 2.36. The lowest BCUT2D eigenvalue weighted by Crippen LogP contribution is -2.20. The number of benzene rings is 1. The molecule has 0 saturated heterocycles. The Balaban J connectivity index is 2.54. The van der Waals surface area contributed by atoms with E-state index < -0.39 is 0 Å². The van der Waals surface area contributed by atoms with Gasteiger partial charge in [-0.25, -0.2) is 4.79 Å². The predicted molar refractivity (Wildman–Crippen MR) is 67.8 cm³/mol. The summed E-state index contributed by atoms with van der Waals surface area (Å²) in [6.07, 6.45) is 5.42. The Morgan fingerprint density at radius 1 is 1.31 bits per heavy atom. The van der Waals surface area contributed by atoms with Crippen LogP contribution in [-0.2, 0) is 7.05 Å². The molecule has 0 saturated carbocycles. The van der Waals surface area contributed by atoms with E-state index in [-0.39, 0.29) is 5.69 Å². The molecule has 5 heteroatoms. The molecule has 0 aliphatic rings. The molecule has 0 spiro atoms. The van der Waals surface area contributed by atoms with Gasteiger partial charge < -0.3 is 4.57 Å². The summed E-state index contributed by atoms with van der Waals surface area (Å²) >= 11 is 7.68. The van der Waals surface area contributed by atoms with Crippen molar-refractivity contribution in [1.29, 1.82) is 0 Å². The van der Waals surface area contributed by atoms with Gasteiger partial charge in [0.15, 0.2) is 0 Å². The summed E-state index contributed by atoms with van der Waals surface area (Å²) in [5, 5.41) is 0.667. The molecule has 2 aromatic rings. The van der Waals surface area contributed by atoms with Crippen LogP contribution >= 0.6 is 23.4 Å². The second-order valence-corrected chi connectivity index (χ2v) is 4.64. The number of rotatable bonds is 2. The number of imidazole rings is 1. The van der Waals surface area contributed by atoms with Crippen LogP contribution < -0.4 is 5.69 Å². The van der Waals surface area contributed by atoms with Crippen LogP contribution in [0.15, 0.2) is 40.3 Å². The Morgan fingerprint density at radius 2 is 2.06 bits per heavy atom. The molecule has 0 aliphatic heterocycles. The molecule has 0 N–H and O–H groups in total. The Labute approximate surface area is 103 Å². The summed E-state index contributed by atoms with van der Waals surface area (Å²) in [6, 6.07) is 5.61. The third kappa shape index (κ3) is 1.90. The summed E-state index contributed by atoms with van der Waals surface area (Å²) in [5.41, 5.74) is 0.710. The normalized spacial score (nSPS) is 10.7. The maximum atomic E-state index is 11.7. The van der Waals surface area contributed by atoms with Gasteiger partial charge in [0.1, 0.15) is 0 Å². The van der Waals surface area contributed by atoms with Crippen LogP contribution in [-0.4, -0.2) is 15.4 Å². The topological polar surface area (TPSA) is 26.9 Å². The maximum Gasteiger partial charge on any atom is 0.332 e. The van der Waals surface area contributed by atoms with Crippen molar-refractivity contribution in [1.82, 2.24) is 9.13 Å². The van der Waals surface area contributed by atoms with Crippen LogP contribution in [0.5, 0.6) is 0 Å². The molecule has 0 amide bonds. The minimum Gasteiger partial charge on any atom is -0.302 e. The van der Waals surface area contributed by atoms with Crippen LogP contribution in [0, 0.1) is 0 Å². The molecule has 84 valence electrons. The predicted octanol–water partition coefficient (Wildman–Crippen LogP) is 2.55. The van der Waals surface area contributed by atoms with Gasteiger partial charge in [-0.3, -0.25) is 4.57 Å². The summed E-state index contributed by atoms with van der Waals surface area (Å²) in [7, 11) is 1.72. The van der Waals surface area contributed by atoms with E-state index in [1.165, 1.54) is 4.57 Å². The van der Waals surface area contributed by atoms with Gasteiger partial charge in [-0.2, -0.15) is 0 Å². The molecule has 1 heterocycles. The van der Waals surface area contributed by atoms with Gasteiger partial charge in [-0.15, -0.1) is 11.8 Å². The Bertz CT molecular complexity index is 574. The second-order valence-electron chi connectivity index (χ2n) is 3.38. The molecule has 16 heavy (non-hydrogen) atoms. The maximum absolute atomic E-state index is 11.7. The minimum atomic E-state index is -0.0760. The average Bonchev–Trinajstić information content (AvgIpc) is 2.60. The number of aromatic nitrogens is 2. The summed E-state index contributed by atoms with van der Waals surface area (Å²) in [5.74, 6) is 0. The number of thioether (sulfide) groups is 1. The van der Waals surface area contributed by atoms with Crippen molar-refractivity contribution in [3.05, 3.63) is 46.1 Å². The van der Waals surface area contributed by atoms with Crippen LogP contribution in [0.25, 0.3) is 5.69 Å². The van der Waals surface area contributed by atoms with Crippen LogP contribution in [0.2, 0.25) is 5.02 Å². The molecule has 0 radical (unpaired) electrons. The van der Waals surface area contributed by atoms with Crippen molar-refractivity contribution in [2.75, 3.05) is 6.26 Å². The van der Waals surface area contributed by atoms with Crippen molar-refractivity contribution < 1.29 is 0 Å². The Hall–Kier alpha value is -1.13. The molecule has 0 aliphatic carbocycles. The Morgan fingerprint density at radius 3 is 2.56 bits per heavy atom. The van der Waals surface area contributed by atoms with E-state index in [1.54, 1.807) is 41.8 Å². The van der Waals surface area contributed by atoms with Gasteiger partial charge in [0, 0.05) is 24.3 Å². The van der Waals surface area contributed by atoms with E-state index in [2.05, 4.69) is 0 Å². The number of halogens is 1. The Kier molecular flexibility index (Phi) is 3.12. The van der Waals surface area contributed by atoms with E-state index in [0.29, 0.717) is 5.02 Å². The van der Waals surface area contributed by atoms with Gasteiger partial charge in [0.25, 0.3) is 0 Å². The van der Waals surface area contributed by atoms with Crippen molar-refractivity contribution in [2.24, 2.45) is 7.05 Å². The highest BCUT2D eigenvalue weighted by Crippen LogP contribution is 2.26. The van der Waals surface area contributed by atoms with Crippen molar-refractivity contribution in [3.63, 3.8) is 0 Å². The first-order valence-corrected chi connectivity index (χ1v) is 6.31. The standard InChI is InChI=1S/C11H11ClN2OS/c1-13-5-6-14(11(13)15)8-3-4-10(16-2)9(12)7-8/h3-7H,1-2H3. The zero-order chi connectivity index (χ0) is 11.7. The van der Waals surface area contributed by atoms with Crippen molar-refractivity contribution in [2.45, 2.75) is 4.90 Å². The lowest BCUT2D eigenvalue weighted by atomic mass is 10.3. The monoisotopic (exact) mass is 254 g/mol. The van der Waals surface area contributed by atoms with E-state index in [0.717, 1.165) is 10.6 Å². The van der Waals surface area contributed by atoms with Crippen molar-refractivity contribution >= 4 is 23.4 Å². The molecular weight excluding hydrogens is 244 g/mol. The average molecular weight is 255 g/mol. The van der Waals surface area contributed by atoms with Crippen LogP contribution in [0.4, 0.5) is 0 Å². The number of aryl methyl sites for hydroxylation is 1. The summed E-state index contributed by atoms with van der Waals surface area (Å²) < 4.78 is 3.09. The fourth-order valence-electron chi connectivity index (χ4n) is 1.47. The summed E-state index contributed by atoms with van der Waals surface area (Å²) in [6.45, 7) is 0. The summed E-state index contributed by atoms with van der Waals surface area (Å²) in [4.78, 5) is 12.7. The second kappa shape index (κ2) is 4.39. The quantitative estimate of drug-likeness (QED) is 0.770. The molecule has 0 unspecified atom stereocenters. The fraction of sp³-hybridized carbons (Fsp3) is 0.182. The molecule has 0 fully saturated rings. The minimum absolute atomic E-state index is 0.0760. The third-order valence-corrected chi connectivity index (χ3v) is 3.58. The van der Waals surface area contributed by atoms with E-state index in [1.807, 2.05) is 18.4 Å². The first-order chi connectivity index (χ1) is 7.63. The molecule has 0 bridgehead atoms. The fourth-order valence-corrected chi connectivity index (χ4v) is 2.33. The molecular formula is C11H11ClN2OS. The van der Waals surface area contributed by atoms with Crippen LogP contribution in [0.3, 0.4) is 0 Å². The van der Waals surface area contributed by atoms with Gasteiger partial charge in [0.2, 0.25) is 0 Å². The first kappa shape index (κ1) is 11.4. The van der Waals surface area contributed by atoms with E-state index in [9.17, 15) is 4.79 Å². The highest BCUT2D eigenvalue weighted by Gasteiger charge is 2.05.